The van der Waals surface area contributed by atoms with Gasteiger partial charge >= 0.3 is 6.18 Å². The summed E-state index contributed by atoms with van der Waals surface area (Å²) >= 11 is 1.42. The molecule has 0 bridgehead atoms. The number of hydrogen-bond acceptors (Lipinski definition) is 3. The van der Waals surface area contributed by atoms with Crippen molar-refractivity contribution in [1.82, 2.24) is 0 Å². The van der Waals surface area contributed by atoms with E-state index in [2.05, 4.69) is 0 Å². The summed E-state index contributed by atoms with van der Waals surface area (Å²) in [7, 11) is 0. The normalized spacial score (nSPS) is 11.2. The predicted octanol–water partition coefficient (Wildman–Crippen LogP) is 4.07. The summed E-state index contributed by atoms with van der Waals surface area (Å²) in [5, 5.41) is 8.35. The Labute approximate surface area is 108 Å². The Hall–Kier alpha value is -1.35. The number of halogens is 3. The van der Waals surface area contributed by atoms with Gasteiger partial charge in [-0.1, -0.05) is 0 Å². The Morgan fingerprint density at radius 2 is 2.00 bits per heavy atom. The number of nitrogens with zero attached hydrogens (tertiary/aromatic N) is 1. The van der Waals surface area contributed by atoms with E-state index < -0.39 is 11.7 Å². The molecule has 0 amide bonds. The van der Waals surface area contributed by atoms with Gasteiger partial charge < -0.3 is 5.73 Å². The Kier molecular flexibility index (Phi) is 5.35. The molecule has 1 rings (SSSR count). The van der Waals surface area contributed by atoms with Gasteiger partial charge in [0, 0.05) is 17.0 Å². The lowest BCUT2D eigenvalue weighted by atomic mass is 10.2. The zero-order valence-electron chi connectivity index (χ0n) is 9.63. The third-order valence-electron chi connectivity index (χ3n) is 2.28. The molecule has 0 saturated carbocycles. The Bertz CT molecular complexity index is 438. The molecule has 2 nitrogen and oxygen atoms in total. The summed E-state index contributed by atoms with van der Waals surface area (Å²) in [6, 6.07) is 5.43. The minimum atomic E-state index is -4.36. The van der Waals surface area contributed by atoms with Gasteiger partial charge in [-0.2, -0.15) is 18.4 Å². The number of unbranched alkanes of at least 4 members (excludes halogenated alkanes) is 2. The fourth-order valence-corrected chi connectivity index (χ4v) is 2.30. The molecular weight excluding hydrogens is 261 g/mol. The summed E-state index contributed by atoms with van der Waals surface area (Å²) < 4.78 is 37.2. The first kappa shape index (κ1) is 14.7. The highest BCUT2D eigenvalue weighted by molar-refractivity contribution is 7.99. The number of nitrogens with two attached hydrogens (primary N) is 1. The molecule has 0 aliphatic heterocycles. The maximum Gasteiger partial charge on any atom is 0.416 e. The van der Waals surface area contributed by atoms with Crippen molar-refractivity contribution in [1.29, 1.82) is 5.26 Å². The first-order valence-electron chi connectivity index (χ1n) is 5.41. The van der Waals surface area contributed by atoms with Crippen LogP contribution >= 0.6 is 11.8 Å². The van der Waals surface area contributed by atoms with Gasteiger partial charge in [0.2, 0.25) is 0 Å². The van der Waals surface area contributed by atoms with Crippen LogP contribution in [-0.2, 0) is 6.18 Å². The van der Waals surface area contributed by atoms with Crippen LogP contribution in [0.3, 0.4) is 0 Å². The number of nitriles is 1. The average molecular weight is 274 g/mol. The molecule has 0 radical (unpaired) electrons. The van der Waals surface area contributed by atoms with Gasteiger partial charge in [-0.25, -0.2) is 0 Å². The minimum absolute atomic E-state index is 0.148. The summed E-state index contributed by atoms with van der Waals surface area (Å²) in [6.45, 7) is 0. The smallest absolute Gasteiger partial charge is 0.398 e. The van der Waals surface area contributed by atoms with Crippen molar-refractivity contribution in [2.24, 2.45) is 0 Å². The van der Waals surface area contributed by atoms with Crippen molar-refractivity contribution < 1.29 is 13.2 Å². The van der Waals surface area contributed by atoms with Gasteiger partial charge in [0.1, 0.15) is 0 Å². The molecule has 0 aliphatic rings. The minimum Gasteiger partial charge on any atom is -0.398 e. The predicted molar refractivity (Wildman–Crippen MR) is 66.0 cm³/mol. The highest BCUT2D eigenvalue weighted by Crippen LogP contribution is 2.34. The van der Waals surface area contributed by atoms with Crippen molar-refractivity contribution in [3.63, 3.8) is 0 Å². The zero-order valence-corrected chi connectivity index (χ0v) is 10.4. The molecule has 0 fully saturated rings. The monoisotopic (exact) mass is 274 g/mol. The first-order chi connectivity index (χ1) is 8.45. The van der Waals surface area contributed by atoms with Crippen molar-refractivity contribution in [2.75, 3.05) is 11.5 Å². The molecule has 6 heteroatoms. The van der Waals surface area contributed by atoms with E-state index in [4.69, 9.17) is 11.0 Å². The van der Waals surface area contributed by atoms with Crippen LogP contribution in [0.1, 0.15) is 24.8 Å². The Morgan fingerprint density at radius 1 is 1.28 bits per heavy atom. The quantitative estimate of drug-likeness (QED) is 0.500. The van der Waals surface area contributed by atoms with Crippen LogP contribution in [0.25, 0.3) is 0 Å². The summed E-state index contributed by atoms with van der Waals surface area (Å²) in [4.78, 5) is 0.653. The van der Waals surface area contributed by atoms with Crippen molar-refractivity contribution in [3.8, 4) is 6.07 Å². The second kappa shape index (κ2) is 6.55. The standard InChI is InChI=1S/C12H13F3N2S/c13-12(14,15)9-4-5-11(10(17)8-9)18-7-3-1-2-6-16/h4-5,8H,1-3,7,17H2. The van der Waals surface area contributed by atoms with E-state index in [9.17, 15) is 13.2 Å². The SMILES string of the molecule is N#CCCCCSc1ccc(C(F)(F)F)cc1N. The summed E-state index contributed by atoms with van der Waals surface area (Å²) in [6.07, 6.45) is -2.21. The highest BCUT2D eigenvalue weighted by Gasteiger charge is 2.30. The summed E-state index contributed by atoms with van der Waals surface area (Å²) in [5.41, 5.74) is 5.01. The fourth-order valence-electron chi connectivity index (χ4n) is 1.34. The number of thioether (sulfide) groups is 1. The average Bonchev–Trinajstić information content (AvgIpc) is 2.29. The van der Waals surface area contributed by atoms with Crippen molar-refractivity contribution >= 4 is 17.4 Å². The van der Waals surface area contributed by atoms with Crippen molar-refractivity contribution in [2.45, 2.75) is 30.3 Å². The molecular formula is C12H13F3N2S. The third-order valence-corrected chi connectivity index (χ3v) is 3.45. The van der Waals surface area contributed by atoms with Gasteiger partial charge in [-0.3, -0.25) is 0 Å². The van der Waals surface area contributed by atoms with Gasteiger partial charge in [-0.05, 0) is 36.8 Å². The van der Waals surface area contributed by atoms with Crippen LogP contribution in [0, 0.1) is 11.3 Å². The fraction of sp³-hybridized carbons (Fsp3) is 0.417. The van der Waals surface area contributed by atoms with E-state index >= 15 is 0 Å². The van der Waals surface area contributed by atoms with E-state index in [1.165, 1.54) is 17.8 Å². The van der Waals surface area contributed by atoms with Crippen molar-refractivity contribution in [3.05, 3.63) is 23.8 Å². The number of nitrogen functional groups attached to an aromatic ring is 1. The molecule has 1 aromatic rings. The molecule has 0 spiro atoms. The van der Waals surface area contributed by atoms with Gasteiger partial charge in [0.05, 0.1) is 11.6 Å². The summed E-state index contributed by atoms with van der Waals surface area (Å²) in [5.74, 6) is 0.747. The molecule has 0 aliphatic carbocycles. The van der Waals surface area contributed by atoms with Crippen LogP contribution in [0.2, 0.25) is 0 Å². The molecule has 0 heterocycles. The molecule has 18 heavy (non-hydrogen) atoms. The Balaban J connectivity index is 2.56. The lowest BCUT2D eigenvalue weighted by Crippen LogP contribution is -2.05. The maximum absolute atomic E-state index is 12.4. The van der Waals surface area contributed by atoms with Gasteiger partial charge in [-0.15, -0.1) is 11.8 Å². The second-order valence-electron chi connectivity index (χ2n) is 3.71. The van der Waals surface area contributed by atoms with Crippen LogP contribution in [-0.4, -0.2) is 5.75 Å². The maximum atomic E-state index is 12.4. The number of benzene rings is 1. The largest absolute Gasteiger partial charge is 0.416 e. The van der Waals surface area contributed by atoms with Gasteiger partial charge in [0.25, 0.3) is 0 Å². The molecule has 0 aromatic heterocycles. The zero-order chi connectivity index (χ0) is 13.6. The van der Waals surface area contributed by atoms with Crippen LogP contribution in [0.4, 0.5) is 18.9 Å². The molecule has 2 N–H and O–H groups in total. The highest BCUT2D eigenvalue weighted by atomic mass is 32.2. The topological polar surface area (TPSA) is 49.8 Å². The number of alkyl halides is 3. The van der Waals surface area contributed by atoms with E-state index in [0.29, 0.717) is 11.3 Å². The van der Waals surface area contributed by atoms with E-state index in [-0.39, 0.29) is 5.69 Å². The molecule has 98 valence electrons. The number of rotatable bonds is 5. The molecule has 0 unspecified atom stereocenters. The molecule has 1 aromatic carbocycles. The van der Waals surface area contributed by atoms with E-state index in [1.807, 2.05) is 6.07 Å². The number of hydrogen-bond donors (Lipinski definition) is 1. The van der Waals surface area contributed by atoms with Crippen LogP contribution in [0.15, 0.2) is 23.1 Å². The van der Waals surface area contributed by atoms with Crippen LogP contribution < -0.4 is 5.73 Å². The Morgan fingerprint density at radius 3 is 2.56 bits per heavy atom. The van der Waals surface area contributed by atoms with E-state index in [1.54, 1.807) is 0 Å². The third kappa shape index (κ3) is 4.49. The van der Waals surface area contributed by atoms with E-state index in [0.717, 1.165) is 30.7 Å². The first-order valence-corrected chi connectivity index (χ1v) is 6.40. The second-order valence-corrected chi connectivity index (χ2v) is 4.85. The van der Waals surface area contributed by atoms with Crippen LogP contribution in [0.5, 0.6) is 0 Å². The number of anilines is 1. The molecule has 0 atom stereocenters. The lowest BCUT2D eigenvalue weighted by Gasteiger charge is -2.10. The van der Waals surface area contributed by atoms with Gasteiger partial charge in [0.15, 0.2) is 0 Å². The molecule has 0 saturated heterocycles. The lowest BCUT2D eigenvalue weighted by molar-refractivity contribution is -0.137.